The van der Waals surface area contributed by atoms with E-state index in [9.17, 15) is 9.90 Å². The van der Waals surface area contributed by atoms with Gasteiger partial charge in [0.15, 0.2) is 0 Å². The van der Waals surface area contributed by atoms with Gasteiger partial charge >= 0.3 is 0 Å². The second kappa shape index (κ2) is 4.71. The molecule has 5 nitrogen and oxygen atoms in total. The van der Waals surface area contributed by atoms with Gasteiger partial charge in [-0.25, -0.2) is 4.98 Å². The number of para-hydroxylation sites is 1. The van der Waals surface area contributed by atoms with Crippen molar-refractivity contribution in [1.29, 1.82) is 0 Å². The Morgan fingerprint density at radius 2 is 2.00 bits per heavy atom. The van der Waals surface area contributed by atoms with Gasteiger partial charge < -0.3 is 15.4 Å². The molecule has 3 N–H and O–H groups in total. The van der Waals surface area contributed by atoms with Crippen molar-refractivity contribution in [3.63, 3.8) is 0 Å². The maximum atomic E-state index is 12.4. The molecule has 3 aromatic rings. The number of aromatic nitrogens is 2. The summed E-state index contributed by atoms with van der Waals surface area (Å²) in [5, 5.41) is 14.0. The van der Waals surface area contributed by atoms with E-state index in [0.29, 0.717) is 28.2 Å². The van der Waals surface area contributed by atoms with E-state index in [-0.39, 0.29) is 11.7 Å². The first kappa shape index (κ1) is 13.6. The van der Waals surface area contributed by atoms with Gasteiger partial charge in [0, 0.05) is 33.8 Å². The number of fused-ring (bicyclic) bond motifs is 2. The standard InChI is InChI=1S/C18H15N3O2/c1-9-15-13(18(23)21-17(15)20-10(2)16(9)22)7-11-8-19-14-6-4-3-5-12(11)14/h3-8,19,22H,1-2H3,(H,20,21,23). The van der Waals surface area contributed by atoms with Crippen LogP contribution < -0.4 is 5.32 Å². The molecule has 1 aromatic carbocycles. The highest BCUT2D eigenvalue weighted by Gasteiger charge is 2.29. The lowest BCUT2D eigenvalue weighted by molar-refractivity contribution is -0.110. The summed E-state index contributed by atoms with van der Waals surface area (Å²) in [6.45, 7) is 3.52. The van der Waals surface area contributed by atoms with E-state index < -0.39 is 0 Å². The number of amides is 1. The number of hydrogen-bond donors (Lipinski definition) is 3. The Hall–Kier alpha value is -3.08. The lowest BCUT2D eigenvalue weighted by atomic mass is 10.00. The van der Waals surface area contributed by atoms with Gasteiger partial charge in [-0.2, -0.15) is 0 Å². The smallest absolute Gasteiger partial charge is 0.257 e. The zero-order chi connectivity index (χ0) is 16.1. The van der Waals surface area contributed by atoms with Crippen LogP contribution in [0.5, 0.6) is 5.75 Å². The number of nitrogens with one attached hydrogen (secondary N) is 2. The van der Waals surface area contributed by atoms with Gasteiger partial charge in [0.25, 0.3) is 5.91 Å². The topological polar surface area (TPSA) is 78.0 Å². The first-order valence-electron chi connectivity index (χ1n) is 7.36. The van der Waals surface area contributed by atoms with Crippen LogP contribution in [0.1, 0.15) is 22.4 Å². The highest BCUT2D eigenvalue weighted by Crippen LogP contribution is 2.39. The molecule has 0 atom stereocenters. The van der Waals surface area contributed by atoms with Crippen molar-refractivity contribution in [2.45, 2.75) is 13.8 Å². The molecule has 0 saturated carbocycles. The molecule has 1 aliphatic heterocycles. The van der Waals surface area contributed by atoms with Gasteiger partial charge in [-0.1, -0.05) is 18.2 Å². The average Bonchev–Trinajstić information content (AvgIpc) is 3.08. The number of rotatable bonds is 1. The fourth-order valence-electron chi connectivity index (χ4n) is 3.06. The first-order chi connectivity index (χ1) is 11.1. The van der Waals surface area contributed by atoms with Crippen molar-refractivity contribution in [2.75, 3.05) is 5.32 Å². The Labute approximate surface area is 132 Å². The predicted molar refractivity (Wildman–Crippen MR) is 90.2 cm³/mol. The number of aryl methyl sites for hydroxylation is 1. The highest BCUT2D eigenvalue weighted by molar-refractivity contribution is 6.35. The van der Waals surface area contributed by atoms with Crippen LogP contribution in [0, 0.1) is 13.8 Å². The molecule has 0 radical (unpaired) electrons. The average molecular weight is 305 g/mol. The van der Waals surface area contributed by atoms with Crippen LogP contribution in [-0.2, 0) is 4.79 Å². The van der Waals surface area contributed by atoms with Crippen LogP contribution in [0.25, 0.3) is 22.6 Å². The summed E-state index contributed by atoms with van der Waals surface area (Å²) in [5.74, 6) is 0.435. The normalized spacial score (nSPS) is 15.2. The van der Waals surface area contributed by atoms with Gasteiger partial charge in [0.05, 0.1) is 11.3 Å². The zero-order valence-electron chi connectivity index (χ0n) is 12.8. The second-order valence-electron chi connectivity index (χ2n) is 5.70. The molecule has 114 valence electrons. The summed E-state index contributed by atoms with van der Waals surface area (Å²) in [4.78, 5) is 19.8. The molecule has 1 amide bonds. The van der Waals surface area contributed by atoms with E-state index in [4.69, 9.17) is 0 Å². The van der Waals surface area contributed by atoms with Crippen LogP contribution in [0.2, 0.25) is 0 Å². The Balaban J connectivity index is 1.94. The summed E-state index contributed by atoms with van der Waals surface area (Å²) in [5.41, 5.74) is 4.30. The Bertz CT molecular complexity index is 999. The fraction of sp³-hybridized carbons (Fsp3) is 0.111. The van der Waals surface area contributed by atoms with Gasteiger partial charge in [0.2, 0.25) is 0 Å². The van der Waals surface area contributed by atoms with Crippen molar-refractivity contribution < 1.29 is 9.90 Å². The Morgan fingerprint density at radius 1 is 1.22 bits per heavy atom. The highest BCUT2D eigenvalue weighted by atomic mass is 16.3. The molecule has 4 rings (SSSR count). The van der Waals surface area contributed by atoms with Crippen LogP contribution in [0.3, 0.4) is 0 Å². The number of carbonyl (C=O) groups is 1. The lowest BCUT2D eigenvalue weighted by Crippen LogP contribution is -2.04. The largest absolute Gasteiger partial charge is 0.506 e. The third kappa shape index (κ3) is 1.93. The molecule has 0 fully saturated rings. The molecule has 0 saturated heterocycles. The number of aromatic amines is 1. The first-order valence-corrected chi connectivity index (χ1v) is 7.36. The molecule has 3 heterocycles. The predicted octanol–water partition coefficient (Wildman–Crippen LogP) is 3.38. The van der Waals surface area contributed by atoms with Crippen LogP contribution in [0.4, 0.5) is 5.82 Å². The number of pyridine rings is 1. The molecular weight excluding hydrogens is 290 g/mol. The molecule has 23 heavy (non-hydrogen) atoms. The molecular formula is C18H15N3O2. The van der Waals surface area contributed by atoms with Crippen LogP contribution in [-0.4, -0.2) is 21.0 Å². The fourth-order valence-corrected chi connectivity index (χ4v) is 3.06. The minimum atomic E-state index is -0.203. The van der Waals surface area contributed by atoms with Gasteiger partial charge in [-0.15, -0.1) is 0 Å². The van der Waals surface area contributed by atoms with Gasteiger partial charge in [-0.3, -0.25) is 4.79 Å². The van der Waals surface area contributed by atoms with E-state index in [1.54, 1.807) is 13.8 Å². The second-order valence-corrected chi connectivity index (χ2v) is 5.70. The maximum absolute atomic E-state index is 12.4. The molecule has 2 aromatic heterocycles. The van der Waals surface area contributed by atoms with E-state index in [1.807, 2.05) is 36.5 Å². The summed E-state index contributed by atoms with van der Waals surface area (Å²) in [6.07, 6.45) is 3.71. The molecule has 0 unspecified atom stereocenters. The number of H-pyrrole nitrogens is 1. The summed E-state index contributed by atoms with van der Waals surface area (Å²) >= 11 is 0. The molecule has 5 heteroatoms. The Kier molecular flexibility index (Phi) is 2.78. The van der Waals surface area contributed by atoms with Crippen molar-refractivity contribution in [3.05, 3.63) is 52.8 Å². The third-order valence-corrected chi connectivity index (χ3v) is 4.26. The van der Waals surface area contributed by atoms with Crippen molar-refractivity contribution in [1.82, 2.24) is 9.97 Å². The minimum absolute atomic E-state index is 0.130. The van der Waals surface area contributed by atoms with Crippen molar-refractivity contribution >= 4 is 34.3 Å². The number of carbonyl (C=O) groups excluding carboxylic acids is 1. The number of anilines is 1. The molecule has 0 bridgehead atoms. The molecule has 1 aliphatic rings. The van der Waals surface area contributed by atoms with Gasteiger partial charge in [-0.05, 0) is 26.0 Å². The van der Waals surface area contributed by atoms with Gasteiger partial charge in [0.1, 0.15) is 11.6 Å². The Morgan fingerprint density at radius 3 is 2.83 bits per heavy atom. The summed E-state index contributed by atoms with van der Waals surface area (Å²) in [7, 11) is 0. The number of benzene rings is 1. The monoisotopic (exact) mass is 305 g/mol. The lowest BCUT2D eigenvalue weighted by Gasteiger charge is -2.08. The molecule has 0 aliphatic carbocycles. The zero-order valence-corrected chi connectivity index (χ0v) is 12.8. The van der Waals surface area contributed by atoms with E-state index >= 15 is 0 Å². The number of nitrogens with zero attached hydrogens (tertiary/aromatic N) is 1. The van der Waals surface area contributed by atoms with Crippen molar-refractivity contribution in [3.8, 4) is 5.75 Å². The number of hydrogen-bond acceptors (Lipinski definition) is 3. The minimum Gasteiger partial charge on any atom is -0.506 e. The SMILES string of the molecule is Cc1nc2c(c(C)c1O)C(=Cc1c[nH]c3ccccc13)C(=O)N2. The van der Waals surface area contributed by atoms with Crippen molar-refractivity contribution in [2.24, 2.45) is 0 Å². The summed E-state index contributed by atoms with van der Waals surface area (Å²) in [6, 6.07) is 7.91. The van der Waals surface area contributed by atoms with Crippen LogP contribution in [0.15, 0.2) is 30.5 Å². The quantitative estimate of drug-likeness (QED) is 0.603. The summed E-state index contributed by atoms with van der Waals surface area (Å²) < 4.78 is 0. The van der Waals surface area contributed by atoms with E-state index in [2.05, 4.69) is 15.3 Å². The maximum Gasteiger partial charge on any atom is 0.257 e. The van der Waals surface area contributed by atoms with Crippen LogP contribution >= 0.6 is 0 Å². The van der Waals surface area contributed by atoms with E-state index in [1.165, 1.54) is 0 Å². The van der Waals surface area contributed by atoms with E-state index in [0.717, 1.165) is 16.5 Å². The molecule has 0 spiro atoms. The number of aromatic hydroxyl groups is 1. The third-order valence-electron chi connectivity index (χ3n) is 4.26.